The Morgan fingerprint density at radius 1 is 0.743 bits per heavy atom. The van der Waals surface area contributed by atoms with Crippen molar-refractivity contribution in [2.24, 2.45) is 22.4 Å². The smallest absolute Gasteiger partial charge is 0.316 e. The molecule has 0 aliphatic carbocycles. The van der Waals surface area contributed by atoms with Crippen LogP contribution in [-0.4, -0.2) is 122 Å². The average Bonchev–Trinajstić information content (AvgIpc) is 4.07. The number of oxime groups is 1. The molecule has 70 heavy (non-hydrogen) atoms. The Morgan fingerprint density at radius 2 is 1.30 bits per heavy atom. The molecule has 16 heteroatoms. The van der Waals surface area contributed by atoms with Crippen LogP contribution in [0, 0.1) is 17.3 Å². The van der Waals surface area contributed by atoms with E-state index in [1.807, 2.05) is 100 Å². The second-order valence-electron chi connectivity index (χ2n) is 20.8. The lowest BCUT2D eigenvalue weighted by molar-refractivity contribution is -0.940. The van der Waals surface area contributed by atoms with Gasteiger partial charge in [0.05, 0.1) is 37.5 Å². The number of ether oxygens (including phenoxy) is 3. The van der Waals surface area contributed by atoms with Gasteiger partial charge < -0.3 is 44.8 Å². The van der Waals surface area contributed by atoms with Crippen molar-refractivity contribution in [3.05, 3.63) is 101 Å². The van der Waals surface area contributed by atoms with Crippen LogP contribution in [-0.2, 0) is 62.5 Å². The molecule has 16 nitrogen and oxygen atoms in total. The summed E-state index contributed by atoms with van der Waals surface area (Å²) in [5.74, 6) is -2.25. The van der Waals surface area contributed by atoms with Crippen LogP contribution in [0.25, 0.3) is 0 Å². The number of aryl methyl sites for hydroxylation is 1. The standard InChI is InChI=1S/C54H74N6O10/c1-36(2)28-43(48(62)54(8)35-69-54)57-51(65)45(31-39-18-14-11-15-19-39)59-50(64)44(29-37(3)4)58-49(63)42(22-20-38-16-12-10-13-17-38)56-47(61)34-60(24-26-68-27-25-60)33-40-21-23-46(41(30-40)32-55-67-9)70-52(66)53(5,6)7/h10-19,21,23,30,32,36-37,42-45H,20,22,24-29,31,33-35H2,1-9H3,(H3-,56,57,58,59,61,63,64,65)/p+1/b55-32+/t42-,43-,44-,45-,54+/m0/s1. The van der Waals surface area contributed by atoms with E-state index in [0.717, 1.165) is 16.7 Å². The summed E-state index contributed by atoms with van der Waals surface area (Å²) in [4.78, 5) is 88.9. The van der Waals surface area contributed by atoms with Gasteiger partial charge in [0.1, 0.15) is 56.2 Å². The summed E-state index contributed by atoms with van der Waals surface area (Å²) in [5, 5.41) is 15.8. The second-order valence-corrected chi connectivity index (χ2v) is 20.8. The number of nitrogens with one attached hydrogen (secondary N) is 4. The van der Waals surface area contributed by atoms with E-state index in [0.29, 0.717) is 61.5 Å². The van der Waals surface area contributed by atoms with Gasteiger partial charge in [0, 0.05) is 17.5 Å². The third-order valence-electron chi connectivity index (χ3n) is 12.5. The molecule has 0 aromatic heterocycles. The lowest BCUT2D eigenvalue weighted by Gasteiger charge is -2.41. The maximum atomic E-state index is 14.6. The van der Waals surface area contributed by atoms with Gasteiger partial charge in [0.2, 0.25) is 17.7 Å². The van der Waals surface area contributed by atoms with Gasteiger partial charge in [0.15, 0.2) is 12.3 Å². The molecule has 2 saturated heterocycles. The molecule has 2 heterocycles. The van der Waals surface area contributed by atoms with Crippen LogP contribution in [0.5, 0.6) is 5.75 Å². The molecule has 4 amide bonds. The van der Waals surface area contributed by atoms with Crippen LogP contribution < -0.4 is 26.0 Å². The van der Waals surface area contributed by atoms with Gasteiger partial charge in [-0.1, -0.05) is 93.5 Å². The zero-order valence-corrected chi connectivity index (χ0v) is 42.5. The summed E-state index contributed by atoms with van der Waals surface area (Å²) in [5.41, 5.74) is 1.45. The Kier molecular flexibility index (Phi) is 19.8. The van der Waals surface area contributed by atoms with E-state index in [1.165, 1.54) is 13.3 Å². The summed E-state index contributed by atoms with van der Waals surface area (Å²) in [6.45, 7) is 17.4. The third kappa shape index (κ3) is 16.9. The number of nitrogens with zero attached hydrogens (tertiary/aromatic N) is 2. The number of hydrogen-bond acceptors (Lipinski definition) is 11. The molecule has 0 spiro atoms. The molecule has 0 radical (unpaired) electrons. The van der Waals surface area contributed by atoms with Gasteiger partial charge in [-0.05, 0) is 94.5 Å². The first kappa shape index (κ1) is 55.0. The summed E-state index contributed by atoms with van der Waals surface area (Å²) >= 11 is 0. The fourth-order valence-electron chi connectivity index (χ4n) is 8.41. The van der Waals surface area contributed by atoms with Crippen LogP contribution in [0.1, 0.15) is 96.9 Å². The lowest BCUT2D eigenvalue weighted by atomic mass is 9.93. The van der Waals surface area contributed by atoms with Crippen LogP contribution in [0.15, 0.2) is 84.0 Å². The molecule has 0 unspecified atom stereocenters. The Hall–Kier alpha value is -5.97. The Balaban J connectivity index is 1.37. The average molecular weight is 968 g/mol. The molecular weight excluding hydrogens is 893 g/mol. The number of amides is 4. The zero-order valence-electron chi connectivity index (χ0n) is 42.5. The molecule has 5 atom stereocenters. The van der Waals surface area contributed by atoms with Crippen molar-refractivity contribution in [1.29, 1.82) is 0 Å². The van der Waals surface area contributed by atoms with Gasteiger partial charge in [-0.15, -0.1) is 0 Å². The van der Waals surface area contributed by atoms with Gasteiger partial charge in [-0.25, -0.2) is 0 Å². The molecule has 0 bridgehead atoms. The van der Waals surface area contributed by atoms with Crippen molar-refractivity contribution >= 4 is 41.6 Å². The van der Waals surface area contributed by atoms with E-state index in [2.05, 4.69) is 26.4 Å². The lowest BCUT2D eigenvalue weighted by Crippen LogP contribution is -2.61. The normalized spacial score (nSPS) is 18.3. The number of morpholine rings is 1. The summed E-state index contributed by atoms with van der Waals surface area (Å²) in [6, 6.07) is 20.3. The number of carbonyl (C=O) groups is 6. The van der Waals surface area contributed by atoms with E-state index in [9.17, 15) is 28.8 Å². The molecule has 4 N–H and O–H groups in total. The molecular formula is C54H75N6O10+. The molecule has 3 aromatic rings. The first-order valence-corrected chi connectivity index (χ1v) is 24.5. The van der Waals surface area contributed by atoms with E-state index in [1.54, 1.807) is 33.8 Å². The third-order valence-corrected chi connectivity index (χ3v) is 12.5. The largest absolute Gasteiger partial charge is 0.425 e. The van der Waals surface area contributed by atoms with E-state index < -0.39 is 58.9 Å². The SMILES string of the molecule is CO/N=C/c1cc(C[N+]2(CC(=O)N[C@@H](CCc3ccccc3)C(=O)N[C@@H](CC(C)C)C(=O)N[C@@H](Cc3ccccc3)C(=O)N[C@@H](CC(C)C)C(=O)[C@@]3(C)CO3)CCOCC2)ccc1OC(=O)C(C)(C)C. The van der Waals surface area contributed by atoms with E-state index in [-0.39, 0.29) is 55.9 Å². The minimum absolute atomic E-state index is 0.0263. The maximum Gasteiger partial charge on any atom is 0.316 e. The predicted molar refractivity (Wildman–Crippen MR) is 266 cm³/mol. The van der Waals surface area contributed by atoms with Gasteiger partial charge in [-0.3, -0.25) is 28.8 Å². The van der Waals surface area contributed by atoms with Crippen LogP contribution in [0.3, 0.4) is 0 Å². The van der Waals surface area contributed by atoms with Crippen molar-refractivity contribution in [1.82, 2.24) is 21.3 Å². The number of quaternary nitrogens is 1. The Morgan fingerprint density at radius 3 is 1.89 bits per heavy atom. The summed E-state index contributed by atoms with van der Waals surface area (Å²) < 4.78 is 17.3. The fourth-order valence-corrected chi connectivity index (χ4v) is 8.41. The quantitative estimate of drug-likeness (QED) is 0.0218. The topological polar surface area (TPSA) is 203 Å². The predicted octanol–water partition coefficient (Wildman–Crippen LogP) is 5.23. The van der Waals surface area contributed by atoms with Crippen molar-refractivity contribution in [3.63, 3.8) is 0 Å². The number of esters is 1. The molecule has 2 fully saturated rings. The molecule has 0 saturated carbocycles. The highest BCUT2D eigenvalue weighted by Crippen LogP contribution is 2.30. The highest BCUT2D eigenvalue weighted by molar-refractivity contribution is 5.99. The monoisotopic (exact) mass is 968 g/mol. The van der Waals surface area contributed by atoms with Crippen molar-refractivity contribution in [2.45, 2.75) is 124 Å². The van der Waals surface area contributed by atoms with E-state index in [4.69, 9.17) is 19.0 Å². The first-order chi connectivity index (χ1) is 33.2. The van der Waals surface area contributed by atoms with E-state index >= 15 is 0 Å². The molecule has 380 valence electrons. The molecule has 2 aliphatic heterocycles. The fraction of sp³-hybridized carbons (Fsp3) is 0.537. The molecule has 2 aliphatic rings. The number of ketones is 1. The van der Waals surface area contributed by atoms with Crippen LogP contribution in [0.4, 0.5) is 0 Å². The van der Waals surface area contributed by atoms with Crippen molar-refractivity contribution in [3.8, 4) is 5.75 Å². The van der Waals surface area contributed by atoms with Gasteiger partial charge in [0.25, 0.3) is 5.91 Å². The number of benzene rings is 3. The van der Waals surface area contributed by atoms with Crippen molar-refractivity contribution < 1.29 is 52.3 Å². The first-order valence-electron chi connectivity index (χ1n) is 24.5. The second kappa shape index (κ2) is 25.2. The van der Waals surface area contributed by atoms with Crippen LogP contribution in [0.2, 0.25) is 0 Å². The number of rotatable bonds is 25. The number of hydrogen-bond donors (Lipinski definition) is 4. The van der Waals surface area contributed by atoms with Crippen molar-refractivity contribution in [2.75, 3.05) is 46.6 Å². The Bertz CT molecular complexity index is 2270. The summed E-state index contributed by atoms with van der Waals surface area (Å²) in [7, 11) is 1.42. The number of carbonyl (C=O) groups excluding carboxylic acids is 6. The zero-order chi connectivity index (χ0) is 51.1. The number of Topliss-reactive ketones (excluding diaryl/α,β-unsaturated/α-hetero) is 1. The van der Waals surface area contributed by atoms with Gasteiger partial charge >= 0.3 is 5.97 Å². The van der Waals surface area contributed by atoms with Crippen LogP contribution >= 0.6 is 0 Å². The molecule has 3 aromatic carbocycles. The highest BCUT2D eigenvalue weighted by atomic mass is 16.6. The number of epoxide rings is 1. The van der Waals surface area contributed by atoms with Gasteiger partial charge in [-0.2, -0.15) is 0 Å². The summed E-state index contributed by atoms with van der Waals surface area (Å²) in [6.07, 6.45) is 2.95. The highest BCUT2D eigenvalue weighted by Gasteiger charge is 2.50. The minimum atomic E-state index is -1.09. The minimum Gasteiger partial charge on any atom is -0.425 e. The Labute approximate surface area is 413 Å². The molecule has 5 rings (SSSR count). The maximum absolute atomic E-state index is 14.6.